The number of hydrogen-bond donors (Lipinski definition) is 0. The van der Waals surface area contributed by atoms with Gasteiger partial charge in [-0.05, 0) is 126 Å². The van der Waals surface area contributed by atoms with Crippen molar-refractivity contribution in [3.63, 3.8) is 0 Å². The highest BCUT2D eigenvalue weighted by molar-refractivity contribution is 14.1. The Morgan fingerprint density at radius 3 is 1.62 bits per heavy atom. The number of carbonyl (C=O) groups excluding carboxylic acids is 1. The monoisotopic (exact) mass is 864 g/mol. The number of aromatic nitrogens is 2. The lowest BCUT2D eigenvalue weighted by Crippen LogP contribution is -2.04. The first-order valence-electron chi connectivity index (χ1n) is 11.6. The minimum absolute atomic E-state index is 0.154. The molecule has 0 atom stereocenters. The van der Waals surface area contributed by atoms with Crippen molar-refractivity contribution in [2.24, 2.45) is 0 Å². The van der Waals surface area contributed by atoms with Gasteiger partial charge in [-0.2, -0.15) is 26.3 Å². The van der Waals surface area contributed by atoms with Crippen molar-refractivity contribution in [3.05, 3.63) is 120 Å². The Morgan fingerprint density at radius 2 is 1.19 bits per heavy atom. The number of nitrogens with zero attached hydrogens (tertiary/aromatic N) is 2. The van der Waals surface area contributed by atoms with Crippen molar-refractivity contribution in [2.45, 2.75) is 35.7 Å². The molecule has 4 aromatic rings. The van der Waals surface area contributed by atoms with Gasteiger partial charge in [-0.15, -0.1) is 11.8 Å². The zero-order valence-electron chi connectivity index (χ0n) is 21.5. The molecule has 4 rings (SSSR count). The lowest BCUT2D eigenvalue weighted by molar-refractivity contribution is -0.138. The van der Waals surface area contributed by atoms with Crippen LogP contribution < -0.4 is 0 Å². The highest BCUT2D eigenvalue weighted by Crippen LogP contribution is 2.36. The quantitative estimate of drug-likeness (QED) is 0.114. The average Bonchev–Trinajstić information content (AvgIpc) is 2.93. The van der Waals surface area contributed by atoms with Crippen LogP contribution >= 0.6 is 78.0 Å². The van der Waals surface area contributed by atoms with Gasteiger partial charge in [0.2, 0.25) is 0 Å². The third-order valence-electron chi connectivity index (χ3n) is 4.84. The van der Waals surface area contributed by atoms with E-state index in [0.29, 0.717) is 14.7 Å². The molecular formula is C28H21Br2F6IN2OS2. The van der Waals surface area contributed by atoms with Gasteiger partial charge in [0.1, 0.15) is 0 Å². The van der Waals surface area contributed by atoms with E-state index in [-0.39, 0.29) is 5.12 Å². The van der Waals surface area contributed by atoms with Crippen LogP contribution in [-0.2, 0) is 28.7 Å². The molecule has 224 valence electrons. The van der Waals surface area contributed by atoms with Crippen LogP contribution in [0.3, 0.4) is 0 Å². The number of carbonyl (C=O) groups is 1. The molecule has 0 bridgehead atoms. The maximum absolute atomic E-state index is 12.5. The molecule has 0 aliphatic rings. The number of rotatable bonds is 5. The van der Waals surface area contributed by atoms with Gasteiger partial charge >= 0.3 is 12.4 Å². The molecule has 2 aromatic heterocycles. The van der Waals surface area contributed by atoms with Gasteiger partial charge < -0.3 is 0 Å². The Bertz CT molecular complexity index is 1430. The van der Waals surface area contributed by atoms with Crippen LogP contribution in [0, 0.1) is 3.57 Å². The zero-order chi connectivity index (χ0) is 31.3. The molecule has 2 heterocycles. The van der Waals surface area contributed by atoms with Crippen molar-refractivity contribution in [2.75, 3.05) is 0 Å². The largest absolute Gasteiger partial charge is 0.416 e. The fourth-order valence-corrected chi connectivity index (χ4v) is 5.65. The van der Waals surface area contributed by atoms with Crippen LogP contribution in [-0.4, -0.2) is 15.1 Å². The van der Waals surface area contributed by atoms with Gasteiger partial charge in [0.15, 0.2) is 5.12 Å². The van der Waals surface area contributed by atoms with Crippen LogP contribution in [0.5, 0.6) is 0 Å². The lowest BCUT2D eigenvalue weighted by Gasteiger charge is -2.09. The average molecular weight is 866 g/mol. The Labute approximate surface area is 278 Å². The number of hydrogen-bond acceptors (Lipinski definition) is 5. The fourth-order valence-electron chi connectivity index (χ4n) is 2.77. The second kappa shape index (κ2) is 17.6. The molecule has 0 N–H and O–H groups in total. The third-order valence-corrected chi connectivity index (χ3v) is 10.1. The van der Waals surface area contributed by atoms with Crippen molar-refractivity contribution in [3.8, 4) is 0 Å². The van der Waals surface area contributed by atoms with E-state index in [4.69, 9.17) is 0 Å². The van der Waals surface area contributed by atoms with E-state index in [1.54, 1.807) is 31.7 Å². The second-order valence-electron chi connectivity index (χ2n) is 8.05. The summed E-state index contributed by atoms with van der Waals surface area (Å²) in [4.78, 5) is 19.1. The maximum Gasteiger partial charge on any atom is 0.416 e. The van der Waals surface area contributed by atoms with Crippen molar-refractivity contribution < 1.29 is 31.1 Å². The third kappa shape index (κ3) is 13.8. The molecule has 0 saturated heterocycles. The number of pyridine rings is 2. The topological polar surface area (TPSA) is 42.9 Å². The van der Waals surface area contributed by atoms with Gasteiger partial charge in [0, 0.05) is 60.6 Å². The number of benzene rings is 2. The van der Waals surface area contributed by atoms with Gasteiger partial charge in [-0.1, -0.05) is 11.8 Å². The Balaban J connectivity index is 0.000000233. The maximum atomic E-state index is 12.5. The van der Waals surface area contributed by atoms with Crippen molar-refractivity contribution in [1.29, 1.82) is 0 Å². The first kappa shape index (κ1) is 36.6. The summed E-state index contributed by atoms with van der Waals surface area (Å²) in [7, 11) is 0. The second-order valence-corrected chi connectivity index (χ2v) is 13.1. The summed E-state index contributed by atoms with van der Waals surface area (Å²) in [6.45, 7) is 1.58. The molecule has 0 amide bonds. The molecule has 14 heteroatoms. The van der Waals surface area contributed by atoms with E-state index in [0.717, 1.165) is 49.6 Å². The Hall–Kier alpha value is -1.62. The summed E-state index contributed by atoms with van der Waals surface area (Å²) in [6, 6.07) is 14.8. The van der Waals surface area contributed by atoms with E-state index in [2.05, 4.69) is 41.8 Å². The summed E-state index contributed by atoms with van der Waals surface area (Å²) in [5, 5.41) is 0.154. The van der Waals surface area contributed by atoms with Gasteiger partial charge in [-0.3, -0.25) is 14.8 Å². The highest BCUT2D eigenvalue weighted by Gasteiger charge is 2.31. The van der Waals surface area contributed by atoms with E-state index in [1.165, 1.54) is 35.7 Å². The molecule has 3 nitrogen and oxygen atoms in total. The Kier molecular flexibility index (Phi) is 15.3. The first-order chi connectivity index (χ1) is 19.7. The molecule has 0 saturated carbocycles. The zero-order valence-corrected chi connectivity index (χ0v) is 28.5. The highest BCUT2D eigenvalue weighted by atomic mass is 127. The molecule has 42 heavy (non-hydrogen) atoms. The molecule has 0 aliphatic heterocycles. The van der Waals surface area contributed by atoms with Gasteiger partial charge in [0.25, 0.3) is 0 Å². The number of thioether (sulfide) groups is 2. The molecule has 0 radical (unpaired) electrons. The Morgan fingerprint density at radius 1 is 0.738 bits per heavy atom. The summed E-state index contributed by atoms with van der Waals surface area (Å²) in [5.41, 5.74) is 0.939. The predicted molar refractivity (Wildman–Crippen MR) is 171 cm³/mol. The van der Waals surface area contributed by atoms with Crippen molar-refractivity contribution >= 4 is 83.1 Å². The van der Waals surface area contributed by atoms with Gasteiger partial charge in [-0.25, -0.2) is 0 Å². The predicted octanol–water partition coefficient (Wildman–Crippen LogP) is 11.1. The first-order valence-corrected chi connectivity index (χ1v) is 16.2. The summed E-state index contributed by atoms with van der Waals surface area (Å²) in [5.74, 6) is 1.43. The minimum atomic E-state index is -4.31. The van der Waals surface area contributed by atoms with E-state index >= 15 is 0 Å². The fraction of sp³-hybridized carbons (Fsp3) is 0.179. The van der Waals surface area contributed by atoms with Crippen LogP contribution in [0.2, 0.25) is 0 Å². The number of halogens is 9. The van der Waals surface area contributed by atoms with Crippen molar-refractivity contribution in [1.82, 2.24) is 9.97 Å². The number of alkyl halides is 6. The minimum Gasteiger partial charge on any atom is -0.288 e. The van der Waals surface area contributed by atoms with Crippen LogP contribution in [0.15, 0.2) is 99.3 Å². The lowest BCUT2D eigenvalue weighted by atomic mass is 10.2. The molecular weight excluding hydrogens is 845 g/mol. The van der Waals surface area contributed by atoms with E-state index in [9.17, 15) is 31.1 Å². The molecule has 0 fully saturated rings. The summed E-state index contributed by atoms with van der Waals surface area (Å²) in [6.07, 6.45) is -1.72. The van der Waals surface area contributed by atoms with Crippen LogP contribution in [0.25, 0.3) is 0 Å². The van der Waals surface area contributed by atoms with Crippen LogP contribution in [0.4, 0.5) is 26.3 Å². The molecule has 0 unspecified atom stereocenters. The van der Waals surface area contributed by atoms with E-state index < -0.39 is 23.5 Å². The summed E-state index contributed by atoms with van der Waals surface area (Å²) < 4.78 is 75.5. The van der Waals surface area contributed by atoms with Gasteiger partial charge in [0.05, 0.1) is 11.1 Å². The molecule has 0 aliphatic carbocycles. The SMILES string of the molecule is CC(=O)SCc1ccncc1.FC(F)(F)c1ccc(I)c(Br)c1.FC(F)(F)c1ccc(SCc2ccncc2)c(Br)c1. The van der Waals surface area contributed by atoms with Crippen LogP contribution in [0.1, 0.15) is 29.2 Å². The smallest absolute Gasteiger partial charge is 0.288 e. The molecule has 2 aromatic carbocycles. The normalized spacial score (nSPS) is 11.1. The standard InChI is InChI=1S/C13H9BrF3NS.C8H9NOS.C7H3BrF3I/c14-11-7-10(13(15,16)17)1-2-12(11)19-8-9-3-5-18-6-4-9;1-7(10)11-6-8-2-4-9-5-3-8;8-5-3-4(7(9,10)11)1-2-6(5)12/h1-7H,8H2;2-5H,6H2,1H3;1-3H. The summed E-state index contributed by atoms with van der Waals surface area (Å²) >= 11 is 11.0. The molecule has 0 spiro atoms. The van der Waals surface area contributed by atoms with E-state index in [1.807, 2.05) is 46.9 Å².